The Morgan fingerprint density at radius 1 is 0.824 bits per heavy atom. The van der Waals surface area contributed by atoms with Crippen LogP contribution in [0.5, 0.6) is 0 Å². The van der Waals surface area contributed by atoms with Crippen LogP contribution in [0.15, 0.2) is 0 Å². The minimum atomic E-state index is -1.15. The molecule has 0 aromatic rings. The summed E-state index contributed by atoms with van der Waals surface area (Å²) in [5.74, 6) is 0. The van der Waals surface area contributed by atoms with Gasteiger partial charge in [0.2, 0.25) is 0 Å². The molecule has 0 N–H and O–H groups in total. The molecule has 0 radical (unpaired) electrons. The Balaban J connectivity index is 1.93. The third-order valence-electron chi connectivity index (χ3n) is 4.85. The summed E-state index contributed by atoms with van der Waals surface area (Å²) in [5, 5.41) is 0.367. The number of epoxide rings is 1. The first-order valence-corrected chi connectivity index (χ1v) is 11.2. The molecule has 2 aliphatic rings. The Morgan fingerprint density at radius 2 is 1.35 bits per heavy atom. The highest BCUT2D eigenvalue weighted by atomic mass is 28.3. The smallest absolute Gasteiger partial charge is 0.0858 e. The van der Waals surface area contributed by atoms with Crippen molar-refractivity contribution in [3.63, 3.8) is 0 Å². The van der Waals surface area contributed by atoms with Gasteiger partial charge in [-0.05, 0) is 12.8 Å². The van der Waals surface area contributed by atoms with Gasteiger partial charge in [0.25, 0.3) is 0 Å². The van der Waals surface area contributed by atoms with E-state index >= 15 is 0 Å². The SMILES string of the molecule is C[Si](C)(C)[C@@]12CCCCCCCCCC[C@H]1O2. The maximum atomic E-state index is 6.24. The fourth-order valence-corrected chi connectivity index (χ4v) is 6.08. The van der Waals surface area contributed by atoms with Gasteiger partial charge in [0.15, 0.2) is 0 Å². The van der Waals surface area contributed by atoms with E-state index in [4.69, 9.17) is 4.74 Å². The molecule has 0 unspecified atom stereocenters. The molecule has 2 fully saturated rings. The van der Waals surface area contributed by atoms with Crippen LogP contribution in [-0.4, -0.2) is 19.4 Å². The van der Waals surface area contributed by atoms with Crippen LogP contribution in [0.3, 0.4) is 0 Å². The quantitative estimate of drug-likeness (QED) is 0.478. The van der Waals surface area contributed by atoms with E-state index in [9.17, 15) is 0 Å². The maximum absolute atomic E-state index is 6.24. The van der Waals surface area contributed by atoms with E-state index in [1.54, 1.807) is 0 Å². The minimum Gasteiger partial charge on any atom is -0.370 e. The van der Waals surface area contributed by atoms with Crippen molar-refractivity contribution in [2.24, 2.45) is 0 Å². The summed E-state index contributed by atoms with van der Waals surface area (Å²) in [4.78, 5) is 0. The predicted molar refractivity (Wildman–Crippen MR) is 77.1 cm³/mol. The summed E-state index contributed by atoms with van der Waals surface area (Å²) in [6.07, 6.45) is 14.8. The largest absolute Gasteiger partial charge is 0.370 e. The molecular weight excluding hydrogens is 224 g/mol. The van der Waals surface area contributed by atoms with E-state index in [0.29, 0.717) is 11.3 Å². The zero-order valence-corrected chi connectivity index (χ0v) is 13.1. The zero-order chi connectivity index (χ0) is 12.4. The lowest BCUT2D eigenvalue weighted by atomic mass is 10.0. The molecule has 100 valence electrons. The summed E-state index contributed by atoms with van der Waals surface area (Å²) >= 11 is 0. The Hall–Kier alpha value is 0.177. The van der Waals surface area contributed by atoms with E-state index in [-0.39, 0.29) is 0 Å². The van der Waals surface area contributed by atoms with Gasteiger partial charge in [0, 0.05) is 0 Å². The van der Waals surface area contributed by atoms with Gasteiger partial charge in [-0.2, -0.15) is 0 Å². The third-order valence-corrected chi connectivity index (χ3v) is 8.08. The van der Waals surface area contributed by atoms with Gasteiger partial charge >= 0.3 is 0 Å². The van der Waals surface area contributed by atoms with Gasteiger partial charge < -0.3 is 4.74 Å². The molecule has 0 aromatic heterocycles. The molecule has 1 heterocycles. The zero-order valence-electron chi connectivity index (χ0n) is 12.1. The van der Waals surface area contributed by atoms with Crippen LogP contribution in [0.1, 0.15) is 64.2 Å². The molecule has 1 aliphatic heterocycles. The second-order valence-corrected chi connectivity index (χ2v) is 12.5. The fourth-order valence-electron chi connectivity index (χ4n) is 3.54. The minimum absolute atomic E-state index is 0.367. The summed E-state index contributed by atoms with van der Waals surface area (Å²) < 4.78 is 6.24. The first-order chi connectivity index (χ1) is 8.06. The van der Waals surface area contributed by atoms with Crippen molar-refractivity contribution in [1.82, 2.24) is 0 Å². The molecule has 0 spiro atoms. The molecular formula is C15H30OSi. The summed E-state index contributed by atoms with van der Waals surface area (Å²) in [6.45, 7) is 7.50. The van der Waals surface area contributed by atoms with Crippen LogP contribution in [0, 0.1) is 0 Å². The standard InChI is InChI=1S/C15H30OSi/c1-17(2,3)15-13-11-9-7-5-4-6-8-10-12-14(15)16-15/h14H,4-13H2,1-3H3/t14-,15+/m1/s1. The lowest BCUT2D eigenvalue weighted by Crippen LogP contribution is -2.43. The molecule has 1 saturated carbocycles. The second-order valence-electron chi connectivity index (χ2n) is 7.11. The molecule has 1 nitrogen and oxygen atoms in total. The first kappa shape index (κ1) is 13.6. The van der Waals surface area contributed by atoms with Gasteiger partial charge in [-0.25, -0.2) is 0 Å². The van der Waals surface area contributed by atoms with Gasteiger partial charge in [-0.3, -0.25) is 0 Å². The first-order valence-electron chi connectivity index (χ1n) is 7.74. The molecule has 0 aromatic carbocycles. The van der Waals surface area contributed by atoms with Crippen molar-refractivity contribution in [2.45, 2.75) is 95.2 Å². The molecule has 2 heteroatoms. The lowest BCUT2D eigenvalue weighted by Gasteiger charge is -2.27. The van der Waals surface area contributed by atoms with Crippen LogP contribution in [0.4, 0.5) is 0 Å². The van der Waals surface area contributed by atoms with Crippen molar-refractivity contribution in [3.8, 4) is 0 Å². The van der Waals surface area contributed by atoms with Crippen LogP contribution < -0.4 is 0 Å². The predicted octanol–water partition coefficient (Wildman–Crippen LogP) is 4.92. The van der Waals surface area contributed by atoms with Crippen LogP contribution in [-0.2, 0) is 4.74 Å². The van der Waals surface area contributed by atoms with E-state index in [2.05, 4.69) is 19.6 Å². The Bertz CT molecular complexity index is 246. The maximum Gasteiger partial charge on any atom is 0.0858 e. The summed E-state index contributed by atoms with van der Waals surface area (Å²) in [5.41, 5.74) is 0. The molecule has 2 atom stereocenters. The van der Waals surface area contributed by atoms with Crippen LogP contribution >= 0.6 is 0 Å². The summed E-state index contributed by atoms with van der Waals surface area (Å²) in [7, 11) is -1.15. The summed E-state index contributed by atoms with van der Waals surface area (Å²) in [6, 6.07) is 0. The average molecular weight is 254 g/mol. The molecule has 2 rings (SSSR count). The lowest BCUT2D eigenvalue weighted by molar-refractivity contribution is 0.322. The highest BCUT2D eigenvalue weighted by Crippen LogP contribution is 2.50. The van der Waals surface area contributed by atoms with Crippen molar-refractivity contribution >= 4 is 8.07 Å². The average Bonchev–Trinajstić information content (AvgIpc) is 2.92. The monoisotopic (exact) mass is 254 g/mol. The van der Waals surface area contributed by atoms with E-state index in [1.165, 1.54) is 64.2 Å². The van der Waals surface area contributed by atoms with Gasteiger partial charge in [-0.1, -0.05) is 71.0 Å². The van der Waals surface area contributed by atoms with Crippen LogP contribution in [0.25, 0.3) is 0 Å². The topological polar surface area (TPSA) is 12.5 Å². The normalized spacial score (nSPS) is 36.5. The number of hydrogen-bond donors (Lipinski definition) is 0. The second kappa shape index (κ2) is 5.44. The van der Waals surface area contributed by atoms with Crippen molar-refractivity contribution in [3.05, 3.63) is 0 Å². The molecule has 17 heavy (non-hydrogen) atoms. The molecule has 0 amide bonds. The molecule has 0 bridgehead atoms. The highest BCUT2D eigenvalue weighted by molar-refractivity contribution is 6.79. The van der Waals surface area contributed by atoms with Gasteiger partial charge in [0.1, 0.15) is 0 Å². The van der Waals surface area contributed by atoms with E-state index in [0.717, 1.165) is 0 Å². The molecule has 1 aliphatic carbocycles. The number of fused-ring (bicyclic) bond motifs is 1. The number of rotatable bonds is 1. The van der Waals surface area contributed by atoms with Crippen LogP contribution in [0.2, 0.25) is 19.6 Å². The van der Waals surface area contributed by atoms with Crippen molar-refractivity contribution in [1.29, 1.82) is 0 Å². The van der Waals surface area contributed by atoms with Crippen molar-refractivity contribution < 1.29 is 4.74 Å². The van der Waals surface area contributed by atoms with E-state index < -0.39 is 8.07 Å². The number of hydrogen-bond acceptors (Lipinski definition) is 1. The van der Waals surface area contributed by atoms with Gasteiger partial charge in [-0.15, -0.1) is 0 Å². The highest BCUT2D eigenvalue weighted by Gasteiger charge is 2.62. The third kappa shape index (κ3) is 3.14. The van der Waals surface area contributed by atoms with E-state index in [1.807, 2.05) is 0 Å². The Kier molecular flexibility index (Phi) is 4.35. The van der Waals surface area contributed by atoms with Gasteiger partial charge in [0.05, 0.1) is 19.4 Å². The fraction of sp³-hybridized carbons (Fsp3) is 1.00. The number of ether oxygens (including phenoxy) is 1. The Labute approximate surface area is 108 Å². The molecule has 1 saturated heterocycles. The van der Waals surface area contributed by atoms with Crippen molar-refractivity contribution in [2.75, 3.05) is 0 Å². The Morgan fingerprint density at radius 3 is 1.94 bits per heavy atom.